The molecule has 0 amide bonds. The summed E-state index contributed by atoms with van der Waals surface area (Å²) >= 11 is 0. The van der Waals surface area contributed by atoms with Gasteiger partial charge in [0.05, 0.1) is 5.52 Å². The third kappa shape index (κ3) is 2.63. The first-order valence-corrected chi connectivity index (χ1v) is 6.67. The largest absolute Gasteiger partial charge is 0.457 e. The molecule has 2 N–H and O–H groups in total. The Morgan fingerprint density at radius 3 is 2.60 bits per heavy atom. The number of pyridine rings is 1. The van der Waals surface area contributed by atoms with Gasteiger partial charge in [0, 0.05) is 11.6 Å². The number of nitrogens with zero attached hydrogens (tertiary/aromatic N) is 1. The molecule has 0 saturated carbocycles. The van der Waals surface area contributed by atoms with Crippen LogP contribution in [0.5, 0.6) is 11.5 Å². The summed E-state index contributed by atoms with van der Waals surface area (Å²) in [4.78, 5) is 4.33. The highest BCUT2D eigenvalue weighted by atomic mass is 16.5. The summed E-state index contributed by atoms with van der Waals surface area (Å²) in [6.45, 7) is 0.662. The highest BCUT2D eigenvalue weighted by Crippen LogP contribution is 2.28. The second-order valence-corrected chi connectivity index (χ2v) is 4.61. The van der Waals surface area contributed by atoms with Crippen LogP contribution in [-0.2, 0) is 6.42 Å². The molecule has 2 aromatic carbocycles. The lowest BCUT2D eigenvalue weighted by atomic mass is 10.1. The molecule has 0 bridgehead atoms. The summed E-state index contributed by atoms with van der Waals surface area (Å²) < 4.78 is 5.95. The van der Waals surface area contributed by atoms with Crippen molar-refractivity contribution in [3.05, 3.63) is 66.4 Å². The van der Waals surface area contributed by atoms with Crippen LogP contribution in [-0.4, -0.2) is 11.5 Å². The van der Waals surface area contributed by atoms with Crippen LogP contribution in [0.25, 0.3) is 10.9 Å². The highest BCUT2D eigenvalue weighted by Gasteiger charge is 2.03. The van der Waals surface area contributed by atoms with Gasteiger partial charge in [-0.25, -0.2) is 0 Å². The summed E-state index contributed by atoms with van der Waals surface area (Å²) in [5, 5.41) is 1.01. The molecule has 0 spiro atoms. The standard InChI is InChI=1S/C17H16N2O/c18-11-10-13-6-8-14(9-7-13)20-17-5-1-4-16-15(17)3-2-12-19-16/h1-9,12H,10-11,18H2. The maximum atomic E-state index is 5.95. The van der Waals surface area contributed by atoms with Crippen molar-refractivity contribution < 1.29 is 4.74 Å². The highest BCUT2D eigenvalue weighted by molar-refractivity contribution is 5.85. The van der Waals surface area contributed by atoms with E-state index in [-0.39, 0.29) is 0 Å². The molecule has 1 aromatic heterocycles. The first-order valence-electron chi connectivity index (χ1n) is 6.67. The van der Waals surface area contributed by atoms with Crippen LogP contribution >= 0.6 is 0 Å². The fourth-order valence-electron chi connectivity index (χ4n) is 2.18. The van der Waals surface area contributed by atoms with Crippen molar-refractivity contribution in [1.82, 2.24) is 4.98 Å². The van der Waals surface area contributed by atoms with Gasteiger partial charge >= 0.3 is 0 Å². The lowest BCUT2D eigenvalue weighted by Gasteiger charge is -2.09. The van der Waals surface area contributed by atoms with E-state index in [2.05, 4.69) is 4.98 Å². The number of aromatic nitrogens is 1. The normalized spacial score (nSPS) is 10.7. The van der Waals surface area contributed by atoms with Gasteiger partial charge in [0.25, 0.3) is 0 Å². The summed E-state index contributed by atoms with van der Waals surface area (Å²) in [7, 11) is 0. The number of hydrogen-bond acceptors (Lipinski definition) is 3. The lowest BCUT2D eigenvalue weighted by molar-refractivity contribution is 0.488. The summed E-state index contributed by atoms with van der Waals surface area (Å²) in [6, 6.07) is 17.9. The SMILES string of the molecule is NCCc1ccc(Oc2cccc3ncccc23)cc1. The Hall–Kier alpha value is -2.39. The molecular formula is C17H16N2O. The molecule has 3 aromatic rings. The van der Waals surface area contributed by atoms with E-state index < -0.39 is 0 Å². The van der Waals surface area contributed by atoms with Gasteiger partial charge in [0.2, 0.25) is 0 Å². The zero-order chi connectivity index (χ0) is 13.8. The topological polar surface area (TPSA) is 48.1 Å². The van der Waals surface area contributed by atoms with Crippen LogP contribution < -0.4 is 10.5 Å². The fourth-order valence-corrected chi connectivity index (χ4v) is 2.18. The smallest absolute Gasteiger partial charge is 0.136 e. The average molecular weight is 264 g/mol. The van der Waals surface area contributed by atoms with Gasteiger partial charge in [-0.2, -0.15) is 0 Å². The average Bonchev–Trinajstić information content (AvgIpc) is 2.50. The fraction of sp³-hybridized carbons (Fsp3) is 0.118. The molecule has 0 aliphatic rings. The van der Waals surface area contributed by atoms with Gasteiger partial charge in [-0.3, -0.25) is 4.98 Å². The molecule has 0 saturated heterocycles. The van der Waals surface area contributed by atoms with Gasteiger partial charge in [-0.1, -0.05) is 18.2 Å². The molecule has 0 unspecified atom stereocenters. The Balaban J connectivity index is 1.89. The number of rotatable bonds is 4. The Morgan fingerprint density at radius 2 is 1.80 bits per heavy atom. The van der Waals surface area contributed by atoms with E-state index in [4.69, 9.17) is 10.5 Å². The van der Waals surface area contributed by atoms with E-state index in [9.17, 15) is 0 Å². The minimum atomic E-state index is 0.662. The van der Waals surface area contributed by atoms with Gasteiger partial charge in [-0.15, -0.1) is 0 Å². The van der Waals surface area contributed by atoms with Gasteiger partial charge < -0.3 is 10.5 Å². The first kappa shape index (κ1) is 12.6. The molecule has 0 fully saturated rings. The van der Waals surface area contributed by atoms with Gasteiger partial charge in [0.15, 0.2) is 0 Å². The van der Waals surface area contributed by atoms with E-state index in [1.807, 2.05) is 54.6 Å². The molecule has 20 heavy (non-hydrogen) atoms. The molecule has 0 aliphatic carbocycles. The number of benzene rings is 2. The molecular weight excluding hydrogens is 248 g/mol. The third-order valence-electron chi connectivity index (χ3n) is 3.19. The second-order valence-electron chi connectivity index (χ2n) is 4.61. The van der Waals surface area contributed by atoms with Crippen molar-refractivity contribution in [2.75, 3.05) is 6.54 Å². The lowest BCUT2D eigenvalue weighted by Crippen LogP contribution is -2.02. The molecule has 3 nitrogen and oxygen atoms in total. The molecule has 3 heteroatoms. The number of nitrogens with two attached hydrogens (primary N) is 1. The van der Waals surface area contributed by atoms with Crippen LogP contribution in [0.3, 0.4) is 0 Å². The van der Waals surface area contributed by atoms with Gasteiger partial charge in [-0.05, 0) is 54.9 Å². The predicted octanol–water partition coefficient (Wildman–Crippen LogP) is 3.53. The van der Waals surface area contributed by atoms with Crippen molar-refractivity contribution in [3.63, 3.8) is 0 Å². The van der Waals surface area contributed by atoms with Crippen molar-refractivity contribution in [3.8, 4) is 11.5 Å². The van der Waals surface area contributed by atoms with E-state index in [1.54, 1.807) is 6.20 Å². The quantitative estimate of drug-likeness (QED) is 0.784. The van der Waals surface area contributed by atoms with Crippen LogP contribution in [0.1, 0.15) is 5.56 Å². The van der Waals surface area contributed by atoms with Crippen molar-refractivity contribution in [1.29, 1.82) is 0 Å². The van der Waals surface area contributed by atoms with Crippen LogP contribution in [0, 0.1) is 0 Å². The number of hydrogen-bond donors (Lipinski definition) is 1. The molecule has 0 atom stereocenters. The zero-order valence-corrected chi connectivity index (χ0v) is 11.1. The Morgan fingerprint density at radius 1 is 0.950 bits per heavy atom. The monoisotopic (exact) mass is 264 g/mol. The molecule has 100 valence electrons. The number of fused-ring (bicyclic) bond motifs is 1. The summed E-state index contributed by atoms with van der Waals surface area (Å²) in [5.74, 6) is 1.64. The minimum absolute atomic E-state index is 0.662. The number of ether oxygens (including phenoxy) is 1. The molecule has 0 radical (unpaired) electrons. The maximum Gasteiger partial charge on any atom is 0.136 e. The van der Waals surface area contributed by atoms with Crippen LogP contribution in [0.15, 0.2) is 60.8 Å². The van der Waals surface area contributed by atoms with Crippen molar-refractivity contribution >= 4 is 10.9 Å². The van der Waals surface area contributed by atoms with Crippen LogP contribution in [0.4, 0.5) is 0 Å². The van der Waals surface area contributed by atoms with Crippen LogP contribution in [0.2, 0.25) is 0 Å². The Kier molecular flexibility index (Phi) is 3.61. The van der Waals surface area contributed by atoms with Crippen molar-refractivity contribution in [2.24, 2.45) is 5.73 Å². The van der Waals surface area contributed by atoms with Crippen molar-refractivity contribution in [2.45, 2.75) is 6.42 Å². The van der Waals surface area contributed by atoms with Gasteiger partial charge in [0.1, 0.15) is 11.5 Å². The van der Waals surface area contributed by atoms with E-state index in [0.717, 1.165) is 28.8 Å². The Bertz CT molecular complexity index is 702. The van der Waals surface area contributed by atoms with E-state index in [1.165, 1.54) is 5.56 Å². The molecule has 3 rings (SSSR count). The van der Waals surface area contributed by atoms with E-state index in [0.29, 0.717) is 6.54 Å². The Labute approximate surface area is 118 Å². The minimum Gasteiger partial charge on any atom is -0.457 e. The summed E-state index contributed by atoms with van der Waals surface area (Å²) in [6.07, 6.45) is 2.67. The summed E-state index contributed by atoms with van der Waals surface area (Å²) in [5.41, 5.74) is 7.70. The zero-order valence-electron chi connectivity index (χ0n) is 11.1. The second kappa shape index (κ2) is 5.72. The molecule has 0 aliphatic heterocycles. The van der Waals surface area contributed by atoms with E-state index >= 15 is 0 Å². The maximum absolute atomic E-state index is 5.95. The first-order chi connectivity index (χ1) is 9.86. The molecule has 1 heterocycles. The predicted molar refractivity (Wildman–Crippen MR) is 81.0 cm³/mol. The third-order valence-corrected chi connectivity index (χ3v) is 3.19.